The number of hydrogen-bond acceptors (Lipinski definition) is 5. The molecule has 5 aromatic rings. The molecule has 3 heterocycles. The number of aromatic nitrogens is 4. The van der Waals surface area contributed by atoms with Crippen LogP contribution in [0.4, 0.5) is 13.2 Å². The first-order chi connectivity index (χ1) is 16.7. The van der Waals surface area contributed by atoms with Crippen molar-refractivity contribution in [2.45, 2.75) is 12.7 Å². The van der Waals surface area contributed by atoms with E-state index in [9.17, 15) is 18.0 Å². The van der Waals surface area contributed by atoms with Crippen LogP contribution in [0.5, 0.6) is 0 Å². The number of ketones is 1. The topological polar surface area (TPSA) is 73.8 Å². The van der Waals surface area contributed by atoms with Crippen molar-refractivity contribution in [3.8, 4) is 11.6 Å². The third kappa shape index (κ3) is 4.28. The minimum absolute atomic E-state index is 0.0130. The molecule has 11 heteroatoms. The van der Waals surface area contributed by atoms with E-state index in [0.717, 1.165) is 10.8 Å². The number of para-hydroxylation sites is 1. The van der Waals surface area contributed by atoms with Gasteiger partial charge < -0.3 is 8.98 Å². The number of carbonyl (C=O) groups excluding carboxylic acids is 1. The van der Waals surface area contributed by atoms with Crippen molar-refractivity contribution in [1.82, 2.24) is 19.5 Å². The second-order valence-electron chi connectivity index (χ2n) is 7.51. The van der Waals surface area contributed by atoms with Gasteiger partial charge in [-0.1, -0.05) is 47.5 Å². The molecule has 0 saturated carbocycles. The maximum Gasteiger partial charge on any atom is 0.432 e. The minimum Gasteiger partial charge on any atom is -0.431 e. The summed E-state index contributed by atoms with van der Waals surface area (Å²) in [4.78, 5) is 25.2. The fourth-order valence-electron chi connectivity index (χ4n) is 3.85. The van der Waals surface area contributed by atoms with Crippen LogP contribution in [0.25, 0.3) is 22.5 Å². The Morgan fingerprint density at radius 1 is 1.06 bits per heavy atom. The molecule has 5 rings (SSSR count). The molecular weight excluding hydrogens is 504 g/mol. The molecule has 0 aliphatic carbocycles. The lowest BCUT2D eigenvalue weighted by Crippen LogP contribution is -2.18. The van der Waals surface area contributed by atoms with Crippen LogP contribution in [0.2, 0.25) is 10.0 Å². The fourth-order valence-corrected chi connectivity index (χ4v) is 4.32. The SMILES string of the molecule is O=C(c1cnc(-c2ccncn2)o1)c1c(C(F)(F)F)n(Cc2ccc(Cl)cc2Cl)c2ccccc12. The van der Waals surface area contributed by atoms with Crippen LogP contribution >= 0.6 is 23.2 Å². The quantitative estimate of drug-likeness (QED) is 0.243. The summed E-state index contributed by atoms with van der Waals surface area (Å²) >= 11 is 12.2. The average molecular weight is 517 g/mol. The van der Waals surface area contributed by atoms with Gasteiger partial charge in [0, 0.05) is 33.7 Å². The van der Waals surface area contributed by atoms with Crippen molar-refractivity contribution in [3.05, 3.63) is 99.9 Å². The predicted octanol–water partition coefficient (Wildman–Crippen LogP) is 6.69. The Morgan fingerprint density at radius 2 is 1.86 bits per heavy atom. The first kappa shape index (κ1) is 23.1. The van der Waals surface area contributed by atoms with Crippen LogP contribution in [0.3, 0.4) is 0 Å². The number of alkyl halides is 3. The summed E-state index contributed by atoms with van der Waals surface area (Å²) in [5.41, 5.74) is -0.745. The Bertz CT molecular complexity index is 1560. The third-order valence-electron chi connectivity index (χ3n) is 5.34. The fraction of sp³-hybridized carbons (Fsp3) is 0.0833. The highest BCUT2D eigenvalue weighted by Gasteiger charge is 2.42. The molecule has 176 valence electrons. The largest absolute Gasteiger partial charge is 0.432 e. The molecule has 0 radical (unpaired) electrons. The Hall–Kier alpha value is -3.69. The number of fused-ring (bicyclic) bond motifs is 1. The smallest absolute Gasteiger partial charge is 0.431 e. The molecule has 6 nitrogen and oxygen atoms in total. The van der Waals surface area contributed by atoms with Gasteiger partial charge in [-0.15, -0.1) is 0 Å². The standard InChI is InChI=1S/C24H13Cl2F3N4O2/c25-14-6-5-13(16(26)9-14)11-33-18-4-2-1-3-15(18)20(22(33)24(27,28)29)21(34)19-10-31-23(35-19)17-7-8-30-12-32-17/h1-10,12H,11H2. The summed E-state index contributed by atoms with van der Waals surface area (Å²) in [5, 5.41) is 0.684. The normalized spacial score (nSPS) is 11.8. The van der Waals surface area contributed by atoms with Gasteiger partial charge in [-0.25, -0.2) is 15.0 Å². The highest BCUT2D eigenvalue weighted by molar-refractivity contribution is 6.35. The van der Waals surface area contributed by atoms with Crippen LogP contribution in [-0.4, -0.2) is 25.3 Å². The van der Waals surface area contributed by atoms with E-state index in [4.69, 9.17) is 27.6 Å². The first-order valence-corrected chi connectivity index (χ1v) is 10.9. The van der Waals surface area contributed by atoms with Gasteiger partial charge in [-0.3, -0.25) is 4.79 Å². The Balaban J connectivity index is 1.68. The molecule has 0 fully saturated rings. The Labute approximate surface area is 206 Å². The summed E-state index contributed by atoms with van der Waals surface area (Å²) in [6.45, 7) is -0.235. The van der Waals surface area contributed by atoms with E-state index in [2.05, 4.69) is 15.0 Å². The third-order valence-corrected chi connectivity index (χ3v) is 5.93. The van der Waals surface area contributed by atoms with Crippen molar-refractivity contribution in [2.24, 2.45) is 0 Å². The second-order valence-corrected chi connectivity index (χ2v) is 8.36. The molecule has 0 unspecified atom stereocenters. The minimum atomic E-state index is -4.86. The van der Waals surface area contributed by atoms with E-state index < -0.39 is 23.2 Å². The van der Waals surface area contributed by atoms with Crippen LogP contribution in [0.1, 0.15) is 27.4 Å². The molecule has 0 saturated heterocycles. The van der Waals surface area contributed by atoms with Crippen molar-refractivity contribution in [3.63, 3.8) is 0 Å². The number of nitrogens with zero attached hydrogens (tertiary/aromatic N) is 4. The second kappa shape index (κ2) is 8.83. The van der Waals surface area contributed by atoms with Gasteiger partial charge in [-0.05, 0) is 29.8 Å². The molecule has 0 N–H and O–H groups in total. The maximum absolute atomic E-state index is 14.5. The van der Waals surface area contributed by atoms with Gasteiger partial charge >= 0.3 is 6.18 Å². The Morgan fingerprint density at radius 3 is 2.57 bits per heavy atom. The Kier molecular flexibility index (Phi) is 5.82. The van der Waals surface area contributed by atoms with Crippen molar-refractivity contribution in [2.75, 3.05) is 0 Å². The summed E-state index contributed by atoms with van der Waals surface area (Å²) in [6.07, 6.45) is -1.07. The number of hydrogen-bond donors (Lipinski definition) is 0. The van der Waals surface area contributed by atoms with Crippen LogP contribution in [0.15, 0.2) is 71.7 Å². The van der Waals surface area contributed by atoms with E-state index in [-0.39, 0.29) is 39.8 Å². The van der Waals surface area contributed by atoms with Crippen molar-refractivity contribution >= 4 is 39.9 Å². The van der Waals surface area contributed by atoms with Crippen molar-refractivity contribution < 1.29 is 22.4 Å². The number of carbonyl (C=O) groups is 1. The average Bonchev–Trinajstić information content (AvgIpc) is 3.45. The van der Waals surface area contributed by atoms with Gasteiger partial charge in [0.25, 0.3) is 0 Å². The molecule has 0 atom stereocenters. The predicted molar refractivity (Wildman–Crippen MR) is 123 cm³/mol. The number of halogens is 5. The zero-order chi connectivity index (χ0) is 24.7. The molecule has 0 aliphatic rings. The molecule has 2 aromatic carbocycles. The van der Waals surface area contributed by atoms with Gasteiger partial charge in [-0.2, -0.15) is 13.2 Å². The van der Waals surface area contributed by atoms with E-state index in [1.54, 1.807) is 18.2 Å². The monoisotopic (exact) mass is 516 g/mol. The summed E-state index contributed by atoms with van der Waals surface area (Å²) in [7, 11) is 0. The summed E-state index contributed by atoms with van der Waals surface area (Å²) in [5.74, 6) is -1.32. The van der Waals surface area contributed by atoms with Gasteiger partial charge in [0.2, 0.25) is 11.7 Å². The number of benzene rings is 2. The highest BCUT2D eigenvalue weighted by atomic mass is 35.5. The zero-order valence-electron chi connectivity index (χ0n) is 17.6. The summed E-state index contributed by atoms with van der Waals surface area (Å²) in [6, 6.07) is 12.2. The van der Waals surface area contributed by atoms with E-state index in [1.165, 1.54) is 42.9 Å². The highest BCUT2D eigenvalue weighted by Crippen LogP contribution is 2.40. The molecular formula is C24H13Cl2F3N4O2. The van der Waals surface area contributed by atoms with Crippen molar-refractivity contribution in [1.29, 1.82) is 0 Å². The summed E-state index contributed by atoms with van der Waals surface area (Å²) < 4.78 is 49.9. The molecule has 0 bridgehead atoms. The maximum atomic E-state index is 14.5. The van der Waals surface area contributed by atoms with Crippen LogP contribution in [-0.2, 0) is 12.7 Å². The van der Waals surface area contributed by atoms with Gasteiger partial charge in [0.05, 0.1) is 11.8 Å². The number of rotatable bonds is 5. The zero-order valence-corrected chi connectivity index (χ0v) is 19.1. The van der Waals surface area contributed by atoms with E-state index in [1.807, 2.05) is 0 Å². The first-order valence-electron chi connectivity index (χ1n) is 10.1. The molecule has 3 aromatic heterocycles. The van der Waals surface area contributed by atoms with Crippen LogP contribution < -0.4 is 0 Å². The lowest BCUT2D eigenvalue weighted by Gasteiger charge is -2.15. The lowest BCUT2D eigenvalue weighted by molar-refractivity contribution is -0.143. The van der Waals surface area contributed by atoms with Crippen LogP contribution in [0, 0.1) is 0 Å². The van der Waals surface area contributed by atoms with E-state index in [0.29, 0.717) is 10.6 Å². The van der Waals surface area contributed by atoms with Gasteiger partial charge in [0.15, 0.2) is 5.76 Å². The van der Waals surface area contributed by atoms with E-state index >= 15 is 0 Å². The number of oxazole rings is 1. The van der Waals surface area contributed by atoms with Gasteiger partial charge in [0.1, 0.15) is 17.7 Å². The molecule has 0 amide bonds. The molecule has 0 spiro atoms. The molecule has 0 aliphatic heterocycles. The lowest BCUT2D eigenvalue weighted by atomic mass is 10.0. The molecule has 35 heavy (non-hydrogen) atoms.